The molecule has 0 aromatic heterocycles. The first-order chi connectivity index (χ1) is 6.59. The van der Waals surface area contributed by atoms with E-state index in [4.69, 9.17) is 5.11 Å². The van der Waals surface area contributed by atoms with Gasteiger partial charge in [-0.25, -0.2) is 8.42 Å². The second-order valence-electron chi connectivity index (χ2n) is 2.77. The van der Waals surface area contributed by atoms with Gasteiger partial charge in [-0.3, -0.25) is 4.79 Å². The van der Waals surface area contributed by atoms with E-state index in [-0.39, 0.29) is 17.1 Å². The summed E-state index contributed by atoms with van der Waals surface area (Å²) in [7, 11) is -4.58. The highest BCUT2D eigenvalue weighted by Crippen LogP contribution is 2.25. The maximum Gasteiger partial charge on any atom is 0.511 e. The van der Waals surface area contributed by atoms with Crippen LogP contribution in [0.5, 0.6) is 0 Å². The fourth-order valence-corrected chi connectivity index (χ4v) is 1.47. The summed E-state index contributed by atoms with van der Waals surface area (Å²) < 4.78 is 57.2. The molecule has 0 saturated carbocycles. The average molecular weight is 249 g/mol. The van der Waals surface area contributed by atoms with E-state index in [0.717, 1.165) is 7.05 Å². The van der Waals surface area contributed by atoms with Gasteiger partial charge in [-0.15, -0.1) is 0 Å². The van der Waals surface area contributed by atoms with E-state index >= 15 is 0 Å². The third-order valence-electron chi connectivity index (χ3n) is 1.57. The van der Waals surface area contributed by atoms with Gasteiger partial charge in [-0.2, -0.15) is 17.5 Å². The molecule has 5 nitrogen and oxygen atoms in total. The number of alkyl halides is 3. The van der Waals surface area contributed by atoms with Gasteiger partial charge in [0.25, 0.3) is 0 Å². The molecule has 1 N–H and O–H groups in total. The Labute approximate surface area is 84.5 Å². The number of hydrogen-bond acceptors (Lipinski definition) is 3. The van der Waals surface area contributed by atoms with Crippen molar-refractivity contribution >= 4 is 16.0 Å². The van der Waals surface area contributed by atoms with Crippen LogP contribution in [0.1, 0.15) is 12.8 Å². The first-order valence-electron chi connectivity index (χ1n) is 3.83. The molecule has 9 heteroatoms. The Morgan fingerprint density at radius 2 is 1.87 bits per heavy atom. The van der Waals surface area contributed by atoms with E-state index in [1.54, 1.807) is 0 Å². The average Bonchev–Trinajstić information content (AvgIpc) is 2.01. The fraction of sp³-hybridized carbons (Fsp3) is 0.833. The van der Waals surface area contributed by atoms with Gasteiger partial charge in [0, 0.05) is 20.0 Å². The molecule has 0 spiro atoms. The number of carbonyl (C=O) groups is 1. The van der Waals surface area contributed by atoms with Crippen molar-refractivity contribution in [2.45, 2.75) is 18.3 Å². The molecule has 0 aliphatic carbocycles. The molecule has 0 heterocycles. The van der Waals surface area contributed by atoms with Crippen LogP contribution in [0.15, 0.2) is 0 Å². The van der Waals surface area contributed by atoms with Crippen molar-refractivity contribution in [1.29, 1.82) is 0 Å². The highest BCUT2D eigenvalue weighted by molar-refractivity contribution is 7.89. The molecule has 0 saturated heterocycles. The van der Waals surface area contributed by atoms with E-state index < -0.39 is 28.0 Å². The first-order valence-corrected chi connectivity index (χ1v) is 5.27. The first kappa shape index (κ1) is 14.2. The van der Waals surface area contributed by atoms with Crippen LogP contribution in [-0.4, -0.2) is 42.9 Å². The summed E-state index contributed by atoms with van der Waals surface area (Å²) in [6.45, 7) is -0.478. The summed E-state index contributed by atoms with van der Waals surface area (Å²) in [6.07, 6.45) is -0.543. The van der Waals surface area contributed by atoms with Crippen LogP contribution < -0.4 is 0 Å². The molecule has 90 valence electrons. The molecule has 0 aromatic rings. The Bertz CT molecular complexity index is 324. The predicted octanol–water partition coefficient (Wildman–Crippen LogP) is 0.633. The quantitative estimate of drug-likeness (QED) is 0.775. The topological polar surface area (TPSA) is 74.7 Å². The Hall–Kier alpha value is -0.830. The van der Waals surface area contributed by atoms with E-state index in [2.05, 4.69) is 0 Å². The second-order valence-corrected chi connectivity index (χ2v) is 4.81. The van der Waals surface area contributed by atoms with E-state index in [9.17, 15) is 26.4 Å². The maximum atomic E-state index is 11.9. The summed E-state index contributed by atoms with van der Waals surface area (Å²) in [4.78, 5) is 10.0. The molecule has 0 bridgehead atoms. The van der Waals surface area contributed by atoms with Crippen molar-refractivity contribution in [2.24, 2.45) is 0 Å². The van der Waals surface area contributed by atoms with Gasteiger partial charge in [-0.1, -0.05) is 0 Å². The Morgan fingerprint density at radius 3 is 2.20 bits per heavy atom. The van der Waals surface area contributed by atoms with Gasteiger partial charge in [0.1, 0.15) is 0 Å². The lowest BCUT2D eigenvalue weighted by Crippen LogP contribution is -2.38. The van der Waals surface area contributed by atoms with Crippen molar-refractivity contribution in [3.63, 3.8) is 0 Å². The maximum absolute atomic E-state index is 11.9. The predicted molar refractivity (Wildman–Crippen MR) is 44.5 cm³/mol. The van der Waals surface area contributed by atoms with Gasteiger partial charge >= 0.3 is 21.5 Å². The van der Waals surface area contributed by atoms with Gasteiger partial charge in [0.15, 0.2) is 0 Å². The van der Waals surface area contributed by atoms with Crippen LogP contribution in [0.25, 0.3) is 0 Å². The number of nitrogens with zero attached hydrogens (tertiary/aromatic N) is 1. The van der Waals surface area contributed by atoms with Gasteiger partial charge in [0.2, 0.25) is 0 Å². The van der Waals surface area contributed by atoms with Crippen LogP contribution in [0.2, 0.25) is 0 Å². The lowest BCUT2D eigenvalue weighted by atomic mass is 10.3. The van der Waals surface area contributed by atoms with E-state index in [0.29, 0.717) is 0 Å². The van der Waals surface area contributed by atoms with Crippen molar-refractivity contribution in [1.82, 2.24) is 4.31 Å². The van der Waals surface area contributed by atoms with Crippen molar-refractivity contribution in [2.75, 3.05) is 13.6 Å². The number of carboxylic acids is 1. The summed E-state index contributed by atoms with van der Waals surface area (Å²) >= 11 is 0. The van der Waals surface area contributed by atoms with Crippen LogP contribution in [0, 0.1) is 0 Å². The van der Waals surface area contributed by atoms with Crippen LogP contribution >= 0.6 is 0 Å². The Balaban J connectivity index is 4.34. The zero-order valence-corrected chi connectivity index (χ0v) is 8.60. The lowest BCUT2D eigenvalue weighted by Gasteiger charge is -2.17. The van der Waals surface area contributed by atoms with Gasteiger partial charge in [0.05, 0.1) is 0 Å². The lowest BCUT2D eigenvalue weighted by molar-refractivity contribution is -0.137. The van der Waals surface area contributed by atoms with Crippen molar-refractivity contribution in [3.05, 3.63) is 0 Å². The molecule has 0 aromatic carbocycles. The number of aliphatic carboxylic acids is 1. The third-order valence-corrected chi connectivity index (χ3v) is 3.15. The minimum atomic E-state index is -5.34. The minimum Gasteiger partial charge on any atom is -0.481 e. The molecular weight excluding hydrogens is 239 g/mol. The molecule has 0 aliphatic rings. The SMILES string of the molecule is CN(CCCC(=O)O)S(=O)(=O)C(F)(F)F. The van der Waals surface area contributed by atoms with E-state index in [1.165, 1.54) is 0 Å². The van der Waals surface area contributed by atoms with Crippen LogP contribution in [-0.2, 0) is 14.8 Å². The van der Waals surface area contributed by atoms with Gasteiger partial charge < -0.3 is 5.11 Å². The molecule has 0 amide bonds. The summed E-state index contributed by atoms with van der Waals surface area (Å²) in [5, 5.41) is 8.20. The molecule has 0 atom stereocenters. The monoisotopic (exact) mass is 249 g/mol. The molecule has 0 fully saturated rings. The number of hydrogen-bond donors (Lipinski definition) is 1. The third kappa shape index (κ3) is 4.04. The van der Waals surface area contributed by atoms with Crippen molar-refractivity contribution < 1.29 is 31.5 Å². The fourth-order valence-electron chi connectivity index (χ4n) is 0.750. The molecule has 0 rings (SSSR count). The summed E-state index contributed by atoms with van der Waals surface area (Å²) in [5.74, 6) is -1.19. The van der Waals surface area contributed by atoms with Crippen LogP contribution in [0.4, 0.5) is 13.2 Å². The zero-order valence-electron chi connectivity index (χ0n) is 7.78. The standard InChI is InChI=1S/C6H10F3NO4S/c1-10(4-2-3-5(11)12)15(13,14)6(7,8)9/h2-4H2,1H3,(H,11,12). The van der Waals surface area contributed by atoms with Crippen LogP contribution in [0.3, 0.4) is 0 Å². The molecule has 0 aliphatic heterocycles. The number of rotatable bonds is 5. The molecule has 0 unspecified atom stereocenters. The Kier molecular flexibility index (Phi) is 4.53. The minimum absolute atomic E-state index is 0.0932. The normalized spacial score (nSPS) is 13.1. The number of halogens is 3. The number of sulfonamides is 1. The smallest absolute Gasteiger partial charge is 0.481 e. The van der Waals surface area contributed by atoms with E-state index in [1.807, 2.05) is 0 Å². The van der Waals surface area contributed by atoms with Crippen molar-refractivity contribution in [3.8, 4) is 0 Å². The summed E-state index contributed by atoms with van der Waals surface area (Å²) in [5.41, 5.74) is -5.34. The Morgan fingerprint density at radius 1 is 1.40 bits per heavy atom. The highest BCUT2D eigenvalue weighted by Gasteiger charge is 2.48. The largest absolute Gasteiger partial charge is 0.511 e. The summed E-state index contributed by atoms with van der Waals surface area (Å²) in [6, 6.07) is 0. The molecule has 15 heavy (non-hydrogen) atoms. The highest BCUT2D eigenvalue weighted by atomic mass is 32.2. The number of carboxylic acid groups (broad SMARTS) is 1. The molecular formula is C6H10F3NO4S. The molecule has 0 radical (unpaired) electrons. The van der Waals surface area contributed by atoms with Gasteiger partial charge in [-0.05, 0) is 6.42 Å². The zero-order chi connectivity index (χ0) is 12.3. The second kappa shape index (κ2) is 4.79.